The molecule has 26 heavy (non-hydrogen) atoms. The van der Waals surface area contributed by atoms with Crippen molar-refractivity contribution >= 4 is 5.78 Å². The standard InChI is InChI=1S/C20H27FO5/c1-9-10-4-5-11-18-8-26-20(25,19(11,14(9)22)15(10)23)16(24)13(18)17(2,3)7-6-12(18)21/h10-13,15-16,23-25H,1,4-8H2,2-3H3/t10-,11-,12-,13+,15+,16+,18+,19-,20-/m0/s1. The van der Waals surface area contributed by atoms with Crippen LogP contribution in [-0.4, -0.2) is 51.9 Å². The number of rotatable bonds is 0. The quantitative estimate of drug-likeness (QED) is 0.564. The first kappa shape index (κ1) is 17.3. The summed E-state index contributed by atoms with van der Waals surface area (Å²) in [5, 5.41) is 33.9. The van der Waals surface area contributed by atoms with E-state index in [0.29, 0.717) is 25.7 Å². The molecule has 9 atom stereocenters. The van der Waals surface area contributed by atoms with Gasteiger partial charge in [0, 0.05) is 17.3 Å². The summed E-state index contributed by atoms with van der Waals surface area (Å²) in [4.78, 5) is 13.3. The average Bonchev–Trinajstić information content (AvgIpc) is 2.69. The maximum absolute atomic E-state index is 15.6. The van der Waals surface area contributed by atoms with Gasteiger partial charge in [0.1, 0.15) is 17.7 Å². The van der Waals surface area contributed by atoms with Gasteiger partial charge in [0.25, 0.3) is 0 Å². The summed E-state index contributed by atoms with van der Waals surface area (Å²) in [5.41, 5.74) is -2.91. The van der Waals surface area contributed by atoms with E-state index in [4.69, 9.17) is 4.74 Å². The van der Waals surface area contributed by atoms with E-state index in [9.17, 15) is 20.1 Å². The van der Waals surface area contributed by atoms with Crippen molar-refractivity contribution in [2.75, 3.05) is 6.61 Å². The van der Waals surface area contributed by atoms with Crippen LogP contribution in [0.3, 0.4) is 0 Å². The van der Waals surface area contributed by atoms with Crippen LogP contribution < -0.4 is 0 Å². The van der Waals surface area contributed by atoms with E-state index >= 15 is 4.39 Å². The third-order valence-corrected chi connectivity index (χ3v) is 8.83. The van der Waals surface area contributed by atoms with Crippen molar-refractivity contribution in [2.24, 2.45) is 34.0 Å². The van der Waals surface area contributed by atoms with Crippen LogP contribution in [0.5, 0.6) is 0 Å². The average molecular weight is 366 g/mol. The first-order valence-electron chi connectivity index (χ1n) is 9.67. The predicted octanol–water partition coefficient (Wildman–Crippen LogP) is 1.35. The van der Waals surface area contributed by atoms with E-state index in [-0.39, 0.29) is 12.2 Å². The molecule has 0 aromatic carbocycles. The number of halogens is 1. The summed E-state index contributed by atoms with van der Waals surface area (Å²) in [6, 6.07) is 0. The van der Waals surface area contributed by atoms with Gasteiger partial charge in [-0.1, -0.05) is 20.4 Å². The molecular weight excluding hydrogens is 339 g/mol. The van der Waals surface area contributed by atoms with Crippen molar-refractivity contribution in [2.45, 2.75) is 63.7 Å². The highest BCUT2D eigenvalue weighted by Gasteiger charge is 2.87. The Hall–Kier alpha value is -0.820. The molecule has 0 aromatic heterocycles. The fourth-order valence-electron chi connectivity index (χ4n) is 7.86. The zero-order valence-corrected chi connectivity index (χ0v) is 15.2. The van der Waals surface area contributed by atoms with E-state index in [1.165, 1.54) is 0 Å². The number of alkyl halides is 1. The number of ether oxygens (including phenoxy) is 1. The molecule has 4 aliphatic carbocycles. The second kappa shape index (κ2) is 4.59. The first-order valence-corrected chi connectivity index (χ1v) is 9.67. The van der Waals surface area contributed by atoms with Crippen LogP contribution in [-0.2, 0) is 9.53 Å². The minimum Gasteiger partial charge on any atom is -0.391 e. The largest absolute Gasteiger partial charge is 0.391 e. The van der Waals surface area contributed by atoms with E-state index in [0.717, 1.165) is 0 Å². The summed E-state index contributed by atoms with van der Waals surface area (Å²) >= 11 is 0. The van der Waals surface area contributed by atoms with Crippen LogP contribution in [0, 0.1) is 34.0 Å². The zero-order chi connectivity index (χ0) is 18.9. The van der Waals surface area contributed by atoms with Gasteiger partial charge >= 0.3 is 0 Å². The van der Waals surface area contributed by atoms with Gasteiger partial charge in [0.05, 0.1) is 12.7 Å². The highest BCUT2D eigenvalue weighted by molar-refractivity contribution is 6.05. The Kier molecular flexibility index (Phi) is 3.05. The normalized spacial score (nSPS) is 59.9. The molecule has 144 valence electrons. The van der Waals surface area contributed by atoms with Gasteiger partial charge in [-0.05, 0) is 42.6 Å². The summed E-state index contributed by atoms with van der Waals surface area (Å²) in [6.07, 6.45) is -1.87. The number of hydrogen-bond acceptors (Lipinski definition) is 5. The number of hydrogen-bond donors (Lipinski definition) is 3. The second-order valence-electron chi connectivity index (χ2n) is 9.92. The van der Waals surface area contributed by atoms with Gasteiger partial charge < -0.3 is 20.1 Å². The Morgan fingerprint density at radius 2 is 1.88 bits per heavy atom. The summed E-state index contributed by atoms with van der Waals surface area (Å²) in [7, 11) is 0. The van der Waals surface area contributed by atoms with Gasteiger partial charge in [0.2, 0.25) is 5.79 Å². The Bertz CT molecular complexity index is 721. The van der Waals surface area contributed by atoms with E-state index in [1.807, 2.05) is 13.8 Å². The fraction of sp³-hybridized carbons (Fsp3) is 0.850. The van der Waals surface area contributed by atoms with Crippen molar-refractivity contribution in [3.8, 4) is 0 Å². The van der Waals surface area contributed by atoms with Crippen LogP contribution in [0.25, 0.3) is 0 Å². The molecule has 6 heteroatoms. The minimum absolute atomic E-state index is 0.0284. The number of carbonyl (C=O) groups excluding carboxylic acids is 1. The smallest absolute Gasteiger partial charge is 0.208 e. The molecule has 0 radical (unpaired) electrons. The highest BCUT2D eigenvalue weighted by atomic mass is 19.1. The molecule has 5 nitrogen and oxygen atoms in total. The molecule has 0 unspecified atom stereocenters. The van der Waals surface area contributed by atoms with Crippen molar-refractivity contribution in [3.05, 3.63) is 12.2 Å². The molecule has 3 N–H and O–H groups in total. The fourth-order valence-corrected chi connectivity index (χ4v) is 7.86. The predicted molar refractivity (Wildman–Crippen MR) is 89.5 cm³/mol. The molecule has 6 aliphatic rings. The summed E-state index contributed by atoms with van der Waals surface area (Å²) < 4.78 is 21.3. The van der Waals surface area contributed by atoms with Crippen LogP contribution in [0.15, 0.2) is 12.2 Å². The number of carbonyl (C=O) groups is 1. The Balaban J connectivity index is 1.81. The number of aliphatic hydroxyl groups is 3. The molecule has 4 bridgehead atoms. The first-order chi connectivity index (χ1) is 12.1. The molecule has 2 heterocycles. The lowest BCUT2D eigenvalue weighted by molar-refractivity contribution is -0.455. The number of fused-ring (bicyclic) bond motifs is 2. The van der Waals surface area contributed by atoms with Gasteiger partial charge in [-0.25, -0.2) is 4.39 Å². The molecule has 2 saturated heterocycles. The molecule has 6 rings (SSSR count). The number of ketones is 1. The third-order valence-electron chi connectivity index (χ3n) is 8.83. The van der Waals surface area contributed by atoms with Gasteiger partial charge in [-0.15, -0.1) is 0 Å². The van der Waals surface area contributed by atoms with Gasteiger partial charge in [-0.3, -0.25) is 4.79 Å². The molecule has 0 aromatic rings. The molecule has 2 aliphatic heterocycles. The SMILES string of the molecule is C=C1C(=O)[C@]23[C@H](O)[C@H]1CC[C@H]2[C@@]12CO[C@@]3(O)[C@H](O)[C@@H]1C(C)(C)CC[C@@H]2F. The van der Waals surface area contributed by atoms with Crippen LogP contribution in [0.1, 0.15) is 39.5 Å². The van der Waals surface area contributed by atoms with Crippen molar-refractivity contribution in [3.63, 3.8) is 0 Å². The zero-order valence-electron chi connectivity index (χ0n) is 15.2. The molecule has 2 spiro atoms. The topological polar surface area (TPSA) is 87.0 Å². The van der Waals surface area contributed by atoms with Crippen LogP contribution in [0.4, 0.5) is 4.39 Å². The lowest BCUT2D eigenvalue weighted by atomic mass is 9.36. The van der Waals surface area contributed by atoms with E-state index in [2.05, 4.69) is 6.58 Å². The summed E-state index contributed by atoms with van der Waals surface area (Å²) in [6.45, 7) is 7.80. The van der Waals surface area contributed by atoms with Gasteiger partial charge in [-0.2, -0.15) is 0 Å². The van der Waals surface area contributed by atoms with E-state index < -0.39 is 63.9 Å². The second-order valence-corrected chi connectivity index (χ2v) is 9.92. The molecule has 0 amide bonds. The van der Waals surface area contributed by atoms with Crippen molar-refractivity contribution in [1.29, 1.82) is 0 Å². The maximum Gasteiger partial charge on any atom is 0.208 e. The third kappa shape index (κ3) is 1.40. The molecule has 4 saturated carbocycles. The van der Waals surface area contributed by atoms with E-state index in [1.54, 1.807) is 0 Å². The number of Topliss-reactive ketones (excluding diaryl/α,β-unsaturated/α-hetero) is 1. The highest BCUT2D eigenvalue weighted by Crippen LogP contribution is 2.76. The Labute approximate surface area is 152 Å². The van der Waals surface area contributed by atoms with Crippen molar-refractivity contribution < 1.29 is 29.2 Å². The summed E-state index contributed by atoms with van der Waals surface area (Å²) in [5.74, 6) is -4.20. The van der Waals surface area contributed by atoms with Crippen LogP contribution >= 0.6 is 0 Å². The molecular formula is C20H27FO5. The monoisotopic (exact) mass is 366 g/mol. The van der Waals surface area contributed by atoms with Gasteiger partial charge in [0.15, 0.2) is 5.78 Å². The molecule has 6 fully saturated rings. The maximum atomic E-state index is 15.6. The van der Waals surface area contributed by atoms with Crippen LogP contribution in [0.2, 0.25) is 0 Å². The lowest BCUT2D eigenvalue weighted by Gasteiger charge is -2.74. The van der Waals surface area contributed by atoms with Crippen molar-refractivity contribution in [1.82, 2.24) is 0 Å². The Morgan fingerprint density at radius 1 is 1.19 bits per heavy atom. The Morgan fingerprint density at radius 3 is 2.58 bits per heavy atom. The minimum atomic E-state index is -2.20. The lowest BCUT2D eigenvalue weighted by Crippen LogP contribution is -2.85. The number of aliphatic hydroxyl groups excluding tert-OH is 2.